The summed E-state index contributed by atoms with van der Waals surface area (Å²) in [6.45, 7) is 0. The van der Waals surface area contributed by atoms with Gasteiger partial charge in [-0.2, -0.15) is 0 Å². The standard InChI is InChI=1S/C10H12IN3S/c1-14-3-2-13-10(14)5-8(12)7-4-9(11)15-6-7/h2-4,6,8H,5,12H2,1H3. The number of nitrogens with two attached hydrogens (primary N) is 1. The molecule has 2 heterocycles. The normalized spacial score (nSPS) is 13.0. The number of hydrogen-bond acceptors (Lipinski definition) is 3. The van der Waals surface area contributed by atoms with E-state index in [0.29, 0.717) is 0 Å². The summed E-state index contributed by atoms with van der Waals surface area (Å²) >= 11 is 4.04. The summed E-state index contributed by atoms with van der Waals surface area (Å²) in [5.41, 5.74) is 7.32. The molecular formula is C10H12IN3S. The Morgan fingerprint density at radius 3 is 3.00 bits per heavy atom. The Balaban J connectivity index is 2.10. The van der Waals surface area contributed by atoms with Gasteiger partial charge in [0.25, 0.3) is 0 Å². The highest BCUT2D eigenvalue weighted by Gasteiger charge is 2.11. The zero-order chi connectivity index (χ0) is 10.8. The van der Waals surface area contributed by atoms with Gasteiger partial charge in [0.05, 0.1) is 2.88 Å². The average molecular weight is 333 g/mol. The largest absolute Gasteiger partial charge is 0.338 e. The Labute approximate surface area is 106 Å². The monoisotopic (exact) mass is 333 g/mol. The Kier molecular flexibility index (Phi) is 3.42. The van der Waals surface area contributed by atoms with Crippen molar-refractivity contribution in [3.8, 4) is 0 Å². The van der Waals surface area contributed by atoms with Gasteiger partial charge in [0.1, 0.15) is 5.82 Å². The van der Waals surface area contributed by atoms with Crippen LogP contribution in [0.5, 0.6) is 0 Å². The van der Waals surface area contributed by atoms with Crippen LogP contribution in [0.3, 0.4) is 0 Å². The SMILES string of the molecule is Cn1ccnc1CC(N)c1csc(I)c1. The number of imidazole rings is 1. The first kappa shape index (κ1) is 11.1. The molecule has 2 rings (SSSR count). The summed E-state index contributed by atoms with van der Waals surface area (Å²) in [4.78, 5) is 4.27. The Morgan fingerprint density at radius 2 is 2.47 bits per heavy atom. The van der Waals surface area contributed by atoms with Crippen molar-refractivity contribution >= 4 is 33.9 Å². The van der Waals surface area contributed by atoms with Gasteiger partial charge in [-0.05, 0) is 39.6 Å². The Morgan fingerprint density at radius 1 is 1.67 bits per heavy atom. The molecule has 0 saturated carbocycles. The fraction of sp³-hybridized carbons (Fsp3) is 0.300. The van der Waals surface area contributed by atoms with Gasteiger partial charge in [-0.25, -0.2) is 4.98 Å². The quantitative estimate of drug-likeness (QED) is 0.876. The number of rotatable bonds is 3. The van der Waals surface area contributed by atoms with Crippen LogP contribution in [0.15, 0.2) is 23.8 Å². The summed E-state index contributed by atoms with van der Waals surface area (Å²) in [7, 11) is 1.99. The number of halogens is 1. The summed E-state index contributed by atoms with van der Waals surface area (Å²) in [6, 6.07) is 2.18. The number of nitrogens with zero attached hydrogens (tertiary/aromatic N) is 2. The maximum absolute atomic E-state index is 6.12. The average Bonchev–Trinajstić information content (AvgIpc) is 2.77. The lowest BCUT2D eigenvalue weighted by molar-refractivity contribution is 0.661. The second kappa shape index (κ2) is 4.63. The predicted molar refractivity (Wildman–Crippen MR) is 70.9 cm³/mol. The molecule has 0 fully saturated rings. The summed E-state index contributed by atoms with van der Waals surface area (Å²) in [6.07, 6.45) is 4.54. The molecule has 0 aliphatic carbocycles. The Bertz CT molecular complexity index is 449. The summed E-state index contributed by atoms with van der Waals surface area (Å²) < 4.78 is 3.29. The minimum Gasteiger partial charge on any atom is -0.338 e. The highest BCUT2D eigenvalue weighted by atomic mass is 127. The third-order valence-corrected chi connectivity index (χ3v) is 4.15. The van der Waals surface area contributed by atoms with Crippen molar-refractivity contribution < 1.29 is 0 Å². The molecule has 0 radical (unpaired) electrons. The molecule has 1 atom stereocenters. The van der Waals surface area contributed by atoms with E-state index in [4.69, 9.17) is 5.73 Å². The molecule has 0 amide bonds. The maximum Gasteiger partial charge on any atom is 0.110 e. The van der Waals surface area contributed by atoms with Gasteiger partial charge in [-0.3, -0.25) is 0 Å². The maximum atomic E-state index is 6.12. The van der Waals surface area contributed by atoms with E-state index in [-0.39, 0.29) is 6.04 Å². The summed E-state index contributed by atoms with van der Waals surface area (Å²) in [5, 5.41) is 2.12. The van der Waals surface area contributed by atoms with Crippen molar-refractivity contribution in [2.45, 2.75) is 12.5 Å². The molecule has 0 saturated heterocycles. The van der Waals surface area contributed by atoms with E-state index in [0.717, 1.165) is 12.2 Å². The van der Waals surface area contributed by atoms with Crippen LogP contribution in [0.1, 0.15) is 17.4 Å². The van der Waals surface area contributed by atoms with Crippen LogP contribution in [0.4, 0.5) is 0 Å². The molecule has 80 valence electrons. The molecule has 0 spiro atoms. The van der Waals surface area contributed by atoms with Crippen LogP contribution in [0.25, 0.3) is 0 Å². The first-order valence-corrected chi connectivity index (χ1v) is 6.58. The van der Waals surface area contributed by atoms with E-state index in [1.54, 1.807) is 17.5 Å². The molecule has 0 aliphatic heterocycles. The van der Waals surface area contributed by atoms with Crippen molar-refractivity contribution in [1.82, 2.24) is 9.55 Å². The van der Waals surface area contributed by atoms with Crippen LogP contribution >= 0.6 is 33.9 Å². The third-order valence-electron chi connectivity index (χ3n) is 2.34. The molecule has 1 unspecified atom stereocenters. The van der Waals surface area contributed by atoms with Gasteiger partial charge in [-0.1, -0.05) is 0 Å². The second-order valence-corrected chi connectivity index (χ2v) is 6.25. The minimum absolute atomic E-state index is 0.0471. The summed E-state index contributed by atoms with van der Waals surface area (Å²) in [5.74, 6) is 1.03. The van der Waals surface area contributed by atoms with Gasteiger partial charge in [0.2, 0.25) is 0 Å². The van der Waals surface area contributed by atoms with E-state index in [2.05, 4.69) is 39.0 Å². The van der Waals surface area contributed by atoms with Crippen LogP contribution in [0.2, 0.25) is 0 Å². The molecule has 2 aromatic heterocycles. The van der Waals surface area contributed by atoms with Crippen LogP contribution in [0, 0.1) is 2.88 Å². The molecular weight excluding hydrogens is 321 g/mol. The van der Waals surface area contributed by atoms with Gasteiger partial charge in [-0.15, -0.1) is 11.3 Å². The predicted octanol–water partition coefficient (Wildman–Crippen LogP) is 2.33. The van der Waals surface area contributed by atoms with Gasteiger partial charge >= 0.3 is 0 Å². The van der Waals surface area contributed by atoms with Crippen molar-refractivity contribution in [3.05, 3.63) is 38.1 Å². The third kappa shape index (κ3) is 2.59. The molecule has 2 aromatic rings. The van der Waals surface area contributed by atoms with E-state index in [9.17, 15) is 0 Å². The molecule has 2 N–H and O–H groups in total. The van der Waals surface area contributed by atoms with Gasteiger partial charge < -0.3 is 10.3 Å². The first-order chi connectivity index (χ1) is 7.16. The van der Waals surface area contributed by atoms with Crippen LogP contribution in [-0.4, -0.2) is 9.55 Å². The topological polar surface area (TPSA) is 43.8 Å². The number of aryl methyl sites for hydroxylation is 1. The smallest absolute Gasteiger partial charge is 0.110 e. The van der Waals surface area contributed by atoms with E-state index < -0.39 is 0 Å². The molecule has 15 heavy (non-hydrogen) atoms. The lowest BCUT2D eigenvalue weighted by Crippen LogP contribution is -2.15. The molecule has 0 bridgehead atoms. The molecule has 5 heteroatoms. The number of thiophene rings is 1. The zero-order valence-corrected chi connectivity index (χ0v) is 11.3. The van der Waals surface area contributed by atoms with Crippen molar-refractivity contribution in [3.63, 3.8) is 0 Å². The van der Waals surface area contributed by atoms with Crippen molar-refractivity contribution in [2.24, 2.45) is 12.8 Å². The fourth-order valence-corrected chi connectivity index (χ4v) is 2.86. The van der Waals surface area contributed by atoms with Gasteiger partial charge in [0.15, 0.2) is 0 Å². The van der Waals surface area contributed by atoms with Crippen LogP contribution < -0.4 is 5.73 Å². The minimum atomic E-state index is 0.0471. The lowest BCUT2D eigenvalue weighted by atomic mass is 10.1. The van der Waals surface area contributed by atoms with E-state index in [1.165, 1.54) is 8.45 Å². The highest BCUT2D eigenvalue weighted by Crippen LogP contribution is 2.22. The first-order valence-electron chi connectivity index (χ1n) is 4.62. The van der Waals surface area contributed by atoms with E-state index >= 15 is 0 Å². The lowest BCUT2D eigenvalue weighted by Gasteiger charge is -2.09. The van der Waals surface area contributed by atoms with Crippen molar-refractivity contribution in [1.29, 1.82) is 0 Å². The fourth-order valence-electron chi connectivity index (χ4n) is 1.43. The molecule has 0 aliphatic rings. The zero-order valence-electron chi connectivity index (χ0n) is 8.35. The number of aromatic nitrogens is 2. The molecule has 0 aromatic carbocycles. The van der Waals surface area contributed by atoms with Crippen molar-refractivity contribution in [2.75, 3.05) is 0 Å². The Hall–Kier alpha value is -0.400. The second-order valence-electron chi connectivity index (χ2n) is 3.45. The number of hydrogen-bond donors (Lipinski definition) is 1. The van der Waals surface area contributed by atoms with Gasteiger partial charge in [0, 0.05) is 31.9 Å². The highest BCUT2D eigenvalue weighted by molar-refractivity contribution is 14.1. The van der Waals surface area contributed by atoms with E-state index in [1.807, 2.05) is 17.8 Å². The molecule has 3 nitrogen and oxygen atoms in total. The van der Waals surface area contributed by atoms with Crippen LogP contribution in [-0.2, 0) is 13.5 Å².